The van der Waals surface area contributed by atoms with Gasteiger partial charge >= 0.3 is 0 Å². The first-order valence-electron chi connectivity index (χ1n) is 6.06. The average Bonchev–Trinajstić information content (AvgIpc) is 2.46. The van der Waals surface area contributed by atoms with Crippen molar-refractivity contribution in [3.63, 3.8) is 0 Å². The molecule has 0 saturated heterocycles. The Morgan fingerprint density at radius 1 is 1.21 bits per heavy atom. The van der Waals surface area contributed by atoms with E-state index in [4.69, 9.17) is 16.3 Å². The molecule has 0 spiro atoms. The molecule has 1 heterocycles. The van der Waals surface area contributed by atoms with Crippen molar-refractivity contribution in [2.45, 2.75) is 12.8 Å². The lowest BCUT2D eigenvalue weighted by molar-refractivity contribution is 0.111. The maximum atomic E-state index is 10.9. The summed E-state index contributed by atoms with van der Waals surface area (Å²) >= 11 is 6.01. The van der Waals surface area contributed by atoms with Crippen molar-refractivity contribution in [1.29, 1.82) is 0 Å². The van der Waals surface area contributed by atoms with Crippen LogP contribution in [-0.2, 0) is 6.42 Å². The molecule has 0 fully saturated rings. The zero-order chi connectivity index (χ0) is 13.5. The predicted octanol–water partition coefficient (Wildman–Crippen LogP) is 3.56. The molecule has 98 valence electrons. The minimum absolute atomic E-state index is 0.466. The van der Waals surface area contributed by atoms with Gasteiger partial charge in [-0.05, 0) is 42.7 Å². The van der Waals surface area contributed by atoms with Crippen molar-refractivity contribution in [2.75, 3.05) is 6.61 Å². The Morgan fingerprint density at radius 3 is 2.74 bits per heavy atom. The number of benzene rings is 1. The Kier molecular flexibility index (Phi) is 4.93. The maximum absolute atomic E-state index is 10.9. The number of ether oxygens (including phenoxy) is 1. The summed E-state index contributed by atoms with van der Waals surface area (Å²) in [5.74, 6) is 0.467. The van der Waals surface area contributed by atoms with Crippen LogP contribution in [0.4, 0.5) is 0 Å². The molecule has 0 bridgehead atoms. The summed E-state index contributed by atoms with van der Waals surface area (Å²) in [5.41, 5.74) is 1.70. The van der Waals surface area contributed by atoms with Gasteiger partial charge in [-0.2, -0.15) is 0 Å². The van der Waals surface area contributed by atoms with E-state index < -0.39 is 0 Å². The van der Waals surface area contributed by atoms with Gasteiger partial charge in [-0.15, -0.1) is 0 Å². The van der Waals surface area contributed by atoms with Crippen molar-refractivity contribution >= 4 is 17.9 Å². The number of nitrogens with zero attached hydrogens (tertiary/aromatic N) is 1. The van der Waals surface area contributed by atoms with E-state index in [2.05, 4.69) is 4.98 Å². The summed E-state index contributed by atoms with van der Waals surface area (Å²) in [5, 5.41) is 0.466. The standard InChI is InChI=1S/C15H14ClNO2/c16-14-5-1-4-13(11-18)15(14)19-10-2-3-12-6-8-17-9-7-12/h1,4-9,11H,2-3,10H2. The largest absolute Gasteiger partial charge is 0.491 e. The first-order chi connectivity index (χ1) is 9.31. The summed E-state index contributed by atoms with van der Waals surface area (Å²) in [4.78, 5) is 14.9. The molecule has 2 aromatic rings. The number of aryl methyl sites for hydroxylation is 1. The lowest BCUT2D eigenvalue weighted by atomic mass is 10.1. The maximum Gasteiger partial charge on any atom is 0.153 e. The number of hydrogen-bond donors (Lipinski definition) is 0. The number of pyridine rings is 1. The summed E-state index contributed by atoms with van der Waals surface area (Å²) in [6.07, 6.45) is 6.06. The van der Waals surface area contributed by atoms with Crippen LogP contribution in [-0.4, -0.2) is 17.9 Å². The Morgan fingerprint density at radius 2 is 2.00 bits per heavy atom. The van der Waals surface area contributed by atoms with Gasteiger partial charge in [0.15, 0.2) is 6.29 Å². The number of rotatable bonds is 6. The quantitative estimate of drug-likeness (QED) is 0.598. The highest BCUT2D eigenvalue weighted by Gasteiger charge is 2.07. The number of aromatic nitrogens is 1. The average molecular weight is 276 g/mol. The molecule has 2 rings (SSSR count). The first-order valence-corrected chi connectivity index (χ1v) is 6.44. The molecular weight excluding hydrogens is 262 g/mol. The van der Waals surface area contributed by atoms with Gasteiger partial charge in [0.2, 0.25) is 0 Å². The van der Waals surface area contributed by atoms with Crippen molar-refractivity contribution in [2.24, 2.45) is 0 Å². The molecule has 0 N–H and O–H groups in total. The van der Waals surface area contributed by atoms with Crippen LogP contribution in [0.3, 0.4) is 0 Å². The highest BCUT2D eigenvalue weighted by molar-refractivity contribution is 6.32. The van der Waals surface area contributed by atoms with Crippen molar-refractivity contribution in [3.8, 4) is 5.75 Å². The van der Waals surface area contributed by atoms with Crippen LogP contribution in [0, 0.1) is 0 Å². The number of carbonyl (C=O) groups is 1. The molecule has 0 saturated carbocycles. The molecular formula is C15H14ClNO2. The van der Waals surface area contributed by atoms with E-state index in [-0.39, 0.29) is 0 Å². The zero-order valence-corrected chi connectivity index (χ0v) is 11.1. The predicted molar refractivity (Wildman–Crippen MR) is 74.9 cm³/mol. The van der Waals surface area contributed by atoms with Gasteiger partial charge in [0, 0.05) is 12.4 Å². The van der Waals surface area contributed by atoms with Crippen LogP contribution in [0.25, 0.3) is 0 Å². The molecule has 0 atom stereocenters. The monoisotopic (exact) mass is 275 g/mol. The van der Waals surface area contributed by atoms with Crippen LogP contribution < -0.4 is 4.74 Å². The van der Waals surface area contributed by atoms with Crippen LogP contribution in [0.5, 0.6) is 5.75 Å². The van der Waals surface area contributed by atoms with Crippen molar-refractivity contribution in [3.05, 3.63) is 58.9 Å². The molecule has 0 unspecified atom stereocenters. The minimum Gasteiger partial charge on any atom is -0.491 e. The van der Waals surface area contributed by atoms with Crippen LogP contribution >= 0.6 is 11.6 Å². The molecule has 0 aliphatic rings. The van der Waals surface area contributed by atoms with Gasteiger partial charge in [-0.25, -0.2) is 0 Å². The van der Waals surface area contributed by atoms with Crippen LogP contribution in [0.1, 0.15) is 22.3 Å². The lowest BCUT2D eigenvalue weighted by Crippen LogP contribution is -2.02. The van der Waals surface area contributed by atoms with E-state index >= 15 is 0 Å². The molecule has 0 aliphatic heterocycles. The van der Waals surface area contributed by atoms with E-state index in [1.54, 1.807) is 30.6 Å². The highest BCUT2D eigenvalue weighted by Crippen LogP contribution is 2.27. The fraction of sp³-hybridized carbons (Fsp3) is 0.200. The molecule has 3 nitrogen and oxygen atoms in total. The highest BCUT2D eigenvalue weighted by atomic mass is 35.5. The number of para-hydroxylation sites is 1. The van der Waals surface area contributed by atoms with E-state index in [0.29, 0.717) is 22.9 Å². The van der Waals surface area contributed by atoms with Gasteiger partial charge in [0.05, 0.1) is 17.2 Å². The van der Waals surface area contributed by atoms with Crippen molar-refractivity contribution in [1.82, 2.24) is 4.98 Å². The summed E-state index contributed by atoms with van der Waals surface area (Å²) in [6, 6.07) is 9.10. The molecule has 19 heavy (non-hydrogen) atoms. The third-order valence-electron chi connectivity index (χ3n) is 2.73. The second-order valence-corrected chi connectivity index (χ2v) is 4.49. The fourth-order valence-electron chi connectivity index (χ4n) is 1.77. The summed E-state index contributed by atoms with van der Waals surface area (Å²) in [7, 11) is 0. The Bertz CT molecular complexity index is 543. The van der Waals surface area contributed by atoms with Gasteiger partial charge < -0.3 is 4.74 Å². The molecule has 0 amide bonds. The fourth-order valence-corrected chi connectivity index (χ4v) is 2.01. The zero-order valence-electron chi connectivity index (χ0n) is 10.4. The molecule has 0 radical (unpaired) electrons. The molecule has 4 heteroatoms. The van der Waals surface area contributed by atoms with Crippen molar-refractivity contribution < 1.29 is 9.53 Å². The van der Waals surface area contributed by atoms with E-state index in [0.717, 1.165) is 19.1 Å². The number of carbonyl (C=O) groups excluding carboxylic acids is 1. The second-order valence-electron chi connectivity index (χ2n) is 4.08. The third kappa shape index (κ3) is 3.80. The molecule has 1 aromatic carbocycles. The minimum atomic E-state index is 0.466. The number of aldehydes is 1. The Labute approximate surface area is 117 Å². The normalized spacial score (nSPS) is 10.2. The van der Waals surface area contributed by atoms with E-state index in [1.165, 1.54) is 5.56 Å². The van der Waals surface area contributed by atoms with E-state index in [1.807, 2.05) is 12.1 Å². The lowest BCUT2D eigenvalue weighted by Gasteiger charge is -2.10. The summed E-state index contributed by atoms with van der Waals surface area (Å²) < 4.78 is 5.60. The SMILES string of the molecule is O=Cc1cccc(Cl)c1OCCCc1ccncc1. The van der Waals surface area contributed by atoms with Crippen LogP contribution in [0.2, 0.25) is 5.02 Å². The summed E-state index contributed by atoms with van der Waals surface area (Å²) in [6.45, 7) is 0.521. The Hall–Kier alpha value is -1.87. The van der Waals surface area contributed by atoms with Gasteiger partial charge in [-0.1, -0.05) is 17.7 Å². The molecule has 1 aromatic heterocycles. The Balaban J connectivity index is 1.88. The smallest absolute Gasteiger partial charge is 0.153 e. The van der Waals surface area contributed by atoms with Gasteiger partial charge in [0.1, 0.15) is 5.75 Å². The second kappa shape index (κ2) is 6.90. The van der Waals surface area contributed by atoms with Gasteiger partial charge in [0.25, 0.3) is 0 Å². The topological polar surface area (TPSA) is 39.2 Å². The van der Waals surface area contributed by atoms with Gasteiger partial charge in [-0.3, -0.25) is 9.78 Å². The van der Waals surface area contributed by atoms with Crippen LogP contribution in [0.15, 0.2) is 42.7 Å². The first kappa shape index (κ1) is 13.6. The number of halogens is 1. The molecule has 0 aliphatic carbocycles. The number of hydrogen-bond acceptors (Lipinski definition) is 3. The third-order valence-corrected chi connectivity index (χ3v) is 3.03. The van der Waals surface area contributed by atoms with E-state index in [9.17, 15) is 4.79 Å².